The maximum absolute atomic E-state index is 11.8. The summed E-state index contributed by atoms with van der Waals surface area (Å²) in [6, 6.07) is 0. The van der Waals surface area contributed by atoms with Gasteiger partial charge in [0.15, 0.2) is 0 Å². The number of hydrogen-bond donors (Lipinski definition) is 0. The highest BCUT2D eigenvalue weighted by atomic mass is 16.5. The molecule has 0 aromatic rings. The minimum atomic E-state index is -0.193. The number of esters is 1. The Hall–Kier alpha value is -1.50. The lowest BCUT2D eigenvalue weighted by Crippen LogP contribution is -2.42. The molecule has 1 aliphatic heterocycles. The van der Waals surface area contributed by atoms with Gasteiger partial charge in [-0.05, 0) is 19.8 Å². The van der Waals surface area contributed by atoms with Crippen LogP contribution in [0.4, 0.5) is 0 Å². The zero-order valence-electron chi connectivity index (χ0n) is 10.3. The first-order chi connectivity index (χ1) is 8.19. The molecule has 1 fully saturated rings. The molecule has 0 N–H and O–H groups in total. The Bertz CT molecular complexity index is 319. The van der Waals surface area contributed by atoms with Crippen molar-refractivity contribution in [1.82, 2.24) is 4.90 Å². The molecular weight excluding hydrogens is 218 g/mol. The number of amides is 1. The molecule has 0 radical (unpaired) electrons. The molecule has 1 amide bonds. The fourth-order valence-corrected chi connectivity index (χ4v) is 1.99. The Kier molecular flexibility index (Phi) is 5.55. The molecule has 4 heteroatoms. The van der Waals surface area contributed by atoms with E-state index in [-0.39, 0.29) is 17.8 Å². The summed E-state index contributed by atoms with van der Waals surface area (Å²) in [5, 5.41) is 0. The van der Waals surface area contributed by atoms with Gasteiger partial charge >= 0.3 is 5.97 Å². The highest BCUT2D eigenvalue weighted by Gasteiger charge is 2.28. The van der Waals surface area contributed by atoms with Gasteiger partial charge in [0.25, 0.3) is 0 Å². The predicted molar refractivity (Wildman–Crippen MR) is 64.0 cm³/mol. The van der Waals surface area contributed by atoms with Gasteiger partial charge in [-0.15, -0.1) is 12.3 Å². The summed E-state index contributed by atoms with van der Waals surface area (Å²) in [6.45, 7) is 3.37. The van der Waals surface area contributed by atoms with Crippen LogP contribution in [0.2, 0.25) is 0 Å². The summed E-state index contributed by atoms with van der Waals surface area (Å²) in [4.78, 5) is 25.1. The number of likely N-dealkylation sites (tertiary alicyclic amines) is 1. The number of ether oxygens (including phenoxy) is 1. The number of carbonyl (C=O) groups excluding carboxylic acids is 2. The van der Waals surface area contributed by atoms with E-state index >= 15 is 0 Å². The maximum atomic E-state index is 11.8. The van der Waals surface area contributed by atoms with Crippen LogP contribution in [0.25, 0.3) is 0 Å². The molecule has 0 aliphatic carbocycles. The van der Waals surface area contributed by atoms with E-state index in [2.05, 4.69) is 5.92 Å². The Balaban J connectivity index is 2.46. The number of terminal acetylenes is 1. The molecule has 94 valence electrons. The summed E-state index contributed by atoms with van der Waals surface area (Å²) in [7, 11) is 0. The van der Waals surface area contributed by atoms with Gasteiger partial charge < -0.3 is 9.64 Å². The second-order valence-corrected chi connectivity index (χ2v) is 4.14. The van der Waals surface area contributed by atoms with Gasteiger partial charge in [-0.25, -0.2) is 0 Å². The zero-order chi connectivity index (χ0) is 12.7. The minimum absolute atomic E-state index is 0.0388. The second-order valence-electron chi connectivity index (χ2n) is 4.14. The highest BCUT2D eigenvalue weighted by Crippen LogP contribution is 2.18. The van der Waals surface area contributed by atoms with Crippen LogP contribution >= 0.6 is 0 Å². The lowest BCUT2D eigenvalue weighted by Gasteiger charge is -2.31. The van der Waals surface area contributed by atoms with Crippen molar-refractivity contribution >= 4 is 11.9 Å². The number of nitrogens with zero attached hydrogens (tertiary/aromatic N) is 1. The van der Waals surface area contributed by atoms with E-state index in [1.165, 1.54) is 0 Å². The smallest absolute Gasteiger partial charge is 0.310 e. The van der Waals surface area contributed by atoms with E-state index in [9.17, 15) is 9.59 Å². The first kappa shape index (κ1) is 13.6. The molecule has 17 heavy (non-hydrogen) atoms. The largest absolute Gasteiger partial charge is 0.466 e. The van der Waals surface area contributed by atoms with Crippen LogP contribution in [0.15, 0.2) is 0 Å². The van der Waals surface area contributed by atoms with Crippen LogP contribution < -0.4 is 0 Å². The number of carbonyl (C=O) groups is 2. The van der Waals surface area contributed by atoms with Crippen LogP contribution in [0, 0.1) is 18.3 Å². The van der Waals surface area contributed by atoms with Crippen LogP contribution in [0.1, 0.15) is 32.6 Å². The van der Waals surface area contributed by atoms with Crippen molar-refractivity contribution < 1.29 is 14.3 Å². The van der Waals surface area contributed by atoms with Gasteiger partial charge in [-0.1, -0.05) is 0 Å². The Morgan fingerprint density at radius 1 is 1.53 bits per heavy atom. The van der Waals surface area contributed by atoms with Gasteiger partial charge in [-0.2, -0.15) is 0 Å². The molecule has 1 unspecified atom stereocenters. The third kappa shape index (κ3) is 4.10. The van der Waals surface area contributed by atoms with Crippen molar-refractivity contribution in [2.24, 2.45) is 5.92 Å². The fourth-order valence-electron chi connectivity index (χ4n) is 1.99. The van der Waals surface area contributed by atoms with E-state index in [0.717, 1.165) is 19.4 Å². The maximum Gasteiger partial charge on any atom is 0.310 e. The molecular formula is C13H19NO3. The van der Waals surface area contributed by atoms with Crippen molar-refractivity contribution in [2.75, 3.05) is 19.7 Å². The SMILES string of the molecule is C#CCCC(=O)N1CCCC(C(=O)OCC)C1. The van der Waals surface area contributed by atoms with Crippen molar-refractivity contribution in [1.29, 1.82) is 0 Å². The van der Waals surface area contributed by atoms with Crippen molar-refractivity contribution in [3.05, 3.63) is 0 Å². The third-order valence-electron chi connectivity index (χ3n) is 2.88. The first-order valence-corrected chi connectivity index (χ1v) is 6.07. The summed E-state index contributed by atoms with van der Waals surface area (Å²) in [5.74, 6) is 2.13. The Morgan fingerprint density at radius 2 is 2.29 bits per heavy atom. The van der Waals surface area contributed by atoms with Crippen LogP contribution in [0.3, 0.4) is 0 Å². The molecule has 0 spiro atoms. The monoisotopic (exact) mass is 237 g/mol. The average Bonchev–Trinajstić information content (AvgIpc) is 2.36. The zero-order valence-corrected chi connectivity index (χ0v) is 10.3. The molecule has 1 rings (SSSR count). The Morgan fingerprint density at radius 3 is 2.94 bits per heavy atom. The van der Waals surface area contributed by atoms with Crippen molar-refractivity contribution in [3.8, 4) is 12.3 Å². The lowest BCUT2D eigenvalue weighted by molar-refractivity contribution is -0.151. The first-order valence-electron chi connectivity index (χ1n) is 6.07. The standard InChI is InChI=1S/C13H19NO3/c1-3-5-8-12(15)14-9-6-7-11(10-14)13(16)17-4-2/h1,11H,4-10H2,2H3. The topological polar surface area (TPSA) is 46.6 Å². The van der Waals surface area contributed by atoms with Crippen LogP contribution in [0.5, 0.6) is 0 Å². The number of piperidine rings is 1. The molecule has 0 aromatic carbocycles. The minimum Gasteiger partial charge on any atom is -0.466 e. The van der Waals surface area contributed by atoms with Gasteiger partial charge in [0, 0.05) is 25.9 Å². The summed E-state index contributed by atoms with van der Waals surface area (Å²) in [6.07, 6.45) is 7.61. The fraction of sp³-hybridized carbons (Fsp3) is 0.692. The number of rotatable bonds is 4. The third-order valence-corrected chi connectivity index (χ3v) is 2.88. The highest BCUT2D eigenvalue weighted by molar-refractivity contribution is 5.78. The van der Waals surface area contributed by atoms with E-state index in [1.807, 2.05) is 0 Å². The molecule has 1 heterocycles. The van der Waals surface area contributed by atoms with Gasteiger partial charge in [-0.3, -0.25) is 9.59 Å². The van der Waals surface area contributed by atoms with E-state index in [0.29, 0.717) is 26.0 Å². The molecule has 0 saturated carbocycles. The summed E-state index contributed by atoms with van der Waals surface area (Å²) in [5.41, 5.74) is 0. The van der Waals surface area contributed by atoms with Gasteiger partial charge in [0.05, 0.1) is 12.5 Å². The van der Waals surface area contributed by atoms with Crippen LogP contribution in [-0.2, 0) is 14.3 Å². The lowest BCUT2D eigenvalue weighted by atomic mass is 9.98. The van der Waals surface area contributed by atoms with E-state index < -0.39 is 0 Å². The summed E-state index contributed by atoms with van der Waals surface area (Å²) >= 11 is 0. The Labute approximate surface area is 102 Å². The normalized spacial score (nSPS) is 19.5. The second kappa shape index (κ2) is 6.95. The quantitative estimate of drug-likeness (QED) is 0.545. The average molecular weight is 237 g/mol. The molecule has 0 aromatic heterocycles. The predicted octanol–water partition coefficient (Wildman–Crippen LogP) is 1.20. The molecule has 4 nitrogen and oxygen atoms in total. The van der Waals surface area contributed by atoms with Gasteiger partial charge in [0.1, 0.15) is 0 Å². The van der Waals surface area contributed by atoms with E-state index in [4.69, 9.17) is 11.2 Å². The number of hydrogen-bond acceptors (Lipinski definition) is 3. The molecule has 0 bridgehead atoms. The van der Waals surface area contributed by atoms with Crippen molar-refractivity contribution in [3.63, 3.8) is 0 Å². The molecule has 1 aliphatic rings. The van der Waals surface area contributed by atoms with Crippen molar-refractivity contribution in [2.45, 2.75) is 32.6 Å². The van der Waals surface area contributed by atoms with Gasteiger partial charge in [0.2, 0.25) is 5.91 Å². The van der Waals surface area contributed by atoms with E-state index in [1.54, 1.807) is 11.8 Å². The summed E-state index contributed by atoms with van der Waals surface area (Å²) < 4.78 is 4.98. The van der Waals surface area contributed by atoms with Crippen LogP contribution in [-0.4, -0.2) is 36.5 Å². The molecule has 1 saturated heterocycles. The molecule has 1 atom stereocenters.